The second-order valence-electron chi connectivity index (χ2n) is 6.79. The third kappa shape index (κ3) is 5.29. The number of benzene rings is 2. The van der Waals surface area contributed by atoms with E-state index in [0.29, 0.717) is 17.5 Å². The Morgan fingerprint density at radius 1 is 1.07 bits per heavy atom. The Balaban J connectivity index is 1.82. The van der Waals surface area contributed by atoms with Gasteiger partial charge in [-0.3, -0.25) is 9.78 Å². The summed E-state index contributed by atoms with van der Waals surface area (Å²) in [6, 6.07) is 17.0. The minimum absolute atomic E-state index is 0.232. The molecule has 1 N–H and O–H groups in total. The normalized spacial score (nSPS) is 12.9. The Hall–Kier alpha value is -2.99. The zero-order valence-electron chi connectivity index (χ0n) is 16.3. The van der Waals surface area contributed by atoms with Gasteiger partial charge in [-0.25, -0.2) is 8.42 Å². The van der Waals surface area contributed by atoms with Crippen LogP contribution in [0.15, 0.2) is 83.2 Å². The van der Waals surface area contributed by atoms with Crippen LogP contribution in [-0.2, 0) is 9.84 Å². The third-order valence-electron chi connectivity index (χ3n) is 4.62. The molecule has 29 heavy (non-hydrogen) atoms. The molecule has 0 fully saturated rings. The first-order chi connectivity index (χ1) is 14.0. The van der Waals surface area contributed by atoms with Gasteiger partial charge in [-0.05, 0) is 30.7 Å². The van der Waals surface area contributed by atoms with Crippen molar-refractivity contribution in [3.8, 4) is 0 Å². The highest BCUT2D eigenvalue weighted by atomic mass is 32.2. The molecule has 1 atom stereocenters. The van der Waals surface area contributed by atoms with Crippen LogP contribution in [0.25, 0.3) is 10.9 Å². The van der Waals surface area contributed by atoms with Gasteiger partial charge in [0.25, 0.3) is 5.91 Å². The van der Waals surface area contributed by atoms with Crippen molar-refractivity contribution in [2.45, 2.75) is 37.1 Å². The second-order valence-corrected chi connectivity index (χ2v) is 8.62. The largest absolute Gasteiger partial charge is 0.346 e. The molecule has 0 aliphatic rings. The molecule has 0 spiro atoms. The molecular weight excluding hydrogens is 384 g/mol. The van der Waals surface area contributed by atoms with Crippen LogP contribution in [-0.4, -0.2) is 25.4 Å². The van der Waals surface area contributed by atoms with E-state index in [1.54, 1.807) is 48.7 Å². The van der Waals surface area contributed by atoms with Crippen molar-refractivity contribution >= 4 is 26.6 Å². The highest BCUT2D eigenvalue weighted by molar-refractivity contribution is 7.94. The lowest BCUT2D eigenvalue weighted by Gasteiger charge is -2.15. The van der Waals surface area contributed by atoms with E-state index in [2.05, 4.69) is 17.2 Å². The van der Waals surface area contributed by atoms with E-state index in [1.807, 2.05) is 24.3 Å². The quantitative estimate of drug-likeness (QED) is 0.595. The number of para-hydroxylation sites is 1. The summed E-state index contributed by atoms with van der Waals surface area (Å²) in [6.45, 7) is 2.05. The first-order valence-electron chi connectivity index (χ1n) is 9.64. The average Bonchev–Trinajstić information content (AvgIpc) is 2.75. The standard InChI is InChI=1S/C23H24N2O3S/c1-2-3-11-19(15-17-29(27,28)20-12-5-4-6-13-20)25-23(26)21-14-7-9-18-10-8-16-24-22(18)21/h4-10,12-17,19H,2-3,11H2,1H3,(H,25,26)/b17-15+/t19-/m0/s1. The molecule has 0 unspecified atom stereocenters. The summed E-state index contributed by atoms with van der Waals surface area (Å²) in [6.07, 6.45) is 5.69. The average molecular weight is 409 g/mol. The Morgan fingerprint density at radius 3 is 2.59 bits per heavy atom. The predicted octanol–water partition coefficient (Wildman–Crippen LogP) is 4.51. The van der Waals surface area contributed by atoms with Crippen LogP contribution in [0.2, 0.25) is 0 Å². The molecule has 6 heteroatoms. The minimum Gasteiger partial charge on any atom is -0.346 e. The second kappa shape index (κ2) is 9.47. The van der Waals surface area contributed by atoms with E-state index in [9.17, 15) is 13.2 Å². The molecular formula is C23H24N2O3S. The molecule has 0 aliphatic carbocycles. The summed E-state index contributed by atoms with van der Waals surface area (Å²) in [7, 11) is -3.56. The number of hydrogen-bond donors (Lipinski definition) is 1. The topological polar surface area (TPSA) is 76.1 Å². The Labute approximate surface area is 171 Å². The Kier molecular flexibility index (Phi) is 6.77. The van der Waals surface area contributed by atoms with E-state index in [0.717, 1.165) is 18.2 Å². The van der Waals surface area contributed by atoms with Crippen LogP contribution in [0.3, 0.4) is 0 Å². The SMILES string of the molecule is CCCC[C@@H](/C=C/S(=O)(=O)c1ccccc1)NC(=O)c1cccc2cccnc12. The van der Waals surface area contributed by atoms with Gasteiger partial charge in [-0.2, -0.15) is 0 Å². The molecule has 1 amide bonds. The fraction of sp³-hybridized carbons (Fsp3) is 0.217. The number of carbonyl (C=O) groups is 1. The summed E-state index contributed by atoms with van der Waals surface area (Å²) < 4.78 is 25.1. The predicted molar refractivity (Wildman–Crippen MR) is 115 cm³/mol. The van der Waals surface area contributed by atoms with Crippen molar-refractivity contribution in [3.05, 3.63) is 83.9 Å². The fourth-order valence-electron chi connectivity index (χ4n) is 3.06. The van der Waals surface area contributed by atoms with Crippen LogP contribution in [0.4, 0.5) is 0 Å². The van der Waals surface area contributed by atoms with Crippen molar-refractivity contribution in [2.24, 2.45) is 0 Å². The van der Waals surface area contributed by atoms with Crippen LogP contribution in [0, 0.1) is 0 Å². The molecule has 0 saturated carbocycles. The number of amides is 1. The molecule has 3 aromatic rings. The van der Waals surface area contributed by atoms with E-state index < -0.39 is 9.84 Å². The Morgan fingerprint density at radius 2 is 1.83 bits per heavy atom. The smallest absolute Gasteiger partial charge is 0.253 e. The number of nitrogens with one attached hydrogen (secondary N) is 1. The van der Waals surface area contributed by atoms with Gasteiger partial charge >= 0.3 is 0 Å². The van der Waals surface area contributed by atoms with Crippen LogP contribution < -0.4 is 5.32 Å². The number of aromatic nitrogens is 1. The number of fused-ring (bicyclic) bond motifs is 1. The summed E-state index contributed by atoms with van der Waals surface area (Å²) in [5.41, 5.74) is 1.10. The van der Waals surface area contributed by atoms with E-state index in [-0.39, 0.29) is 16.8 Å². The maximum Gasteiger partial charge on any atom is 0.253 e. The zero-order chi connectivity index (χ0) is 20.7. The van der Waals surface area contributed by atoms with Crippen LogP contribution in [0.5, 0.6) is 0 Å². The van der Waals surface area contributed by atoms with Crippen molar-refractivity contribution in [1.29, 1.82) is 0 Å². The lowest BCUT2D eigenvalue weighted by atomic mass is 10.1. The molecule has 1 heterocycles. The van der Waals surface area contributed by atoms with Crippen LogP contribution >= 0.6 is 0 Å². The van der Waals surface area contributed by atoms with Gasteiger partial charge in [0.05, 0.1) is 16.0 Å². The maximum absolute atomic E-state index is 12.9. The number of unbranched alkanes of at least 4 members (excludes halogenated alkanes) is 1. The van der Waals surface area contributed by atoms with Gasteiger partial charge in [0.1, 0.15) is 0 Å². The molecule has 5 nitrogen and oxygen atoms in total. The first kappa shape index (κ1) is 20.7. The minimum atomic E-state index is -3.56. The molecule has 0 bridgehead atoms. The van der Waals surface area contributed by atoms with Gasteiger partial charge in [0.15, 0.2) is 9.84 Å². The van der Waals surface area contributed by atoms with Crippen molar-refractivity contribution in [1.82, 2.24) is 10.3 Å². The summed E-state index contributed by atoms with van der Waals surface area (Å²) in [5.74, 6) is -0.267. The number of sulfone groups is 1. The number of hydrogen-bond acceptors (Lipinski definition) is 4. The fourth-order valence-corrected chi connectivity index (χ4v) is 4.15. The highest BCUT2D eigenvalue weighted by Gasteiger charge is 2.16. The van der Waals surface area contributed by atoms with E-state index in [4.69, 9.17) is 0 Å². The van der Waals surface area contributed by atoms with E-state index >= 15 is 0 Å². The van der Waals surface area contributed by atoms with Gasteiger partial charge in [-0.1, -0.05) is 62.2 Å². The van der Waals surface area contributed by atoms with Gasteiger partial charge in [0.2, 0.25) is 0 Å². The first-order valence-corrected chi connectivity index (χ1v) is 11.2. The number of carbonyl (C=O) groups excluding carboxylic acids is 1. The van der Waals surface area contributed by atoms with Crippen molar-refractivity contribution < 1.29 is 13.2 Å². The zero-order valence-corrected chi connectivity index (χ0v) is 17.1. The van der Waals surface area contributed by atoms with Crippen molar-refractivity contribution in [3.63, 3.8) is 0 Å². The van der Waals surface area contributed by atoms with Crippen molar-refractivity contribution in [2.75, 3.05) is 0 Å². The van der Waals surface area contributed by atoms with Gasteiger partial charge in [0, 0.05) is 23.0 Å². The molecule has 150 valence electrons. The lowest BCUT2D eigenvalue weighted by molar-refractivity contribution is 0.0944. The highest BCUT2D eigenvalue weighted by Crippen LogP contribution is 2.17. The lowest BCUT2D eigenvalue weighted by Crippen LogP contribution is -2.33. The molecule has 1 aromatic heterocycles. The Bertz CT molecular complexity index is 1100. The molecule has 3 rings (SSSR count). The number of nitrogens with zero attached hydrogens (tertiary/aromatic N) is 1. The van der Waals surface area contributed by atoms with Gasteiger partial charge < -0.3 is 5.32 Å². The molecule has 0 saturated heterocycles. The summed E-state index contributed by atoms with van der Waals surface area (Å²) >= 11 is 0. The molecule has 0 aliphatic heterocycles. The van der Waals surface area contributed by atoms with Crippen LogP contribution in [0.1, 0.15) is 36.5 Å². The molecule has 2 aromatic carbocycles. The van der Waals surface area contributed by atoms with Gasteiger partial charge in [-0.15, -0.1) is 0 Å². The monoisotopic (exact) mass is 408 g/mol. The maximum atomic E-state index is 12.9. The van der Waals surface area contributed by atoms with E-state index in [1.165, 1.54) is 5.41 Å². The number of pyridine rings is 1. The molecule has 0 radical (unpaired) electrons. The summed E-state index contributed by atoms with van der Waals surface area (Å²) in [5, 5.41) is 5.02. The summed E-state index contributed by atoms with van der Waals surface area (Å²) in [4.78, 5) is 17.4. The third-order valence-corrected chi connectivity index (χ3v) is 6.07. The number of rotatable bonds is 8.